The van der Waals surface area contributed by atoms with E-state index in [4.69, 9.17) is 24.8 Å². The lowest BCUT2D eigenvalue weighted by molar-refractivity contribution is -0.137. The number of nitrogens with two attached hydrogens (primary N) is 2. The molecule has 1 aliphatic carbocycles. The van der Waals surface area contributed by atoms with Gasteiger partial charge in [0.1, 0.15) is 0 Å². The fraction of sp³-hybridized carbons (Fsp3) is 0.424. The van der Waals surface area contributed by atoms with Crippen molar-refractivity contribution in [3.63, 3.8) is 0 Å². The molecule has 1 fully saturated rings. The van der Waals surface area contributed by atoms with Crippen LogP contribution in [0.1, 0.15) is 45.0 Å². The molecule has 0 aromatic heterocycles. The second kappa shape index (κ2) is 13.8. The quantitative estimate of drug-likeness (QED) is 0.339. The average molecular weight is 550 g/mol. The SMILES string of the molecule is [2H]C1=CC(=C(c2cc([2H])c(N(C)C)c([2H])c2)c2cc([2H])c(N3CCN(CCCCCC(=O)O)CC3)c([2H])c2)C=C([2H])C1(CN)CN. The second-order valence-corrected chi connectivity index (χ2v) is 10.6. The molecule has 2 aliphatic rings. The van der Waals surface area contributed by atoms with E-state index in [1.807, 2.05) is 0 Å². The molecule has 0 saturated carbocycles. The van der Waals surface area contributed by atoms with E-state index in [1.54, 1.807) is 55.4 Å². The summed E-state index contributed by atoms with van der Waals surface area (Å²) in [5, 5.41) is 8.83. The van der Waals surface area contributed by atoms with Crippen molar-refractivity contribution >= 4 is 22.9 Å². The summed E-state index contributed by atoms with van der Waals surface area (Å²) in [6, 6.07) is 7.44. The zero-order valence-corrected chi connectivity index (χ0v) is 23.6. The lowest BCUT2D eigenvalue weighted by Gasteiger charge is -2.36. The van der Waals surface area contributed by atoms with E-state index < -0.39 is 11.4 Å². The van der Waals surface area contributed by atoms with E-state index in [0.29, 0.717) is 53.2 Å². The number of allylic oxidation sites excluding steroid dienone is 3. The highest BCUT2D eigenvalue weighted by Gasteiger charge is 2.24. The summed E-state index contributed by atoms with van der Waals surface area (Å²) in [4.78, 5) is 16.8. The first-order chi connectivity index (χ1) is 21.8. The van der Waals surface area contributed by atoms with Crippen molar-refractivity contribution in [1.82, 2.24) is 4.90 Å². The first-order valence-corrected chi connectivity index (χ1v) is 13.9. The maximum atomic E-state index is 10.7. The molecule has 2 aromatic carbocycles. The molecule has 7 heteroatoms. The van der Waals surface area contributed by atoms with Gasteiger partial charge < -0.3 is 26.4 Å². The van der Waals surface area contributed by atoms with E-state index >= 15 is 0 Å². The van der Waals surface area contributed by atoms with Gasteiger partial charge in [-0.3, -0.25) is 9.69 Å². The van der Waals surface area contributed by atoms with Gasteiger partial charge in [0.2, 0.25) is 0 Å². The Hall–Kier alpha value is -3.39. The van der Waals surface area contributed by atoms with E-state index in [1.165, 1.54) is 0 Å². The van der Waals surface area contributed by atoms with Gasteiger partial charge in [-0.2, -0.15) is 0 Å². The molecule has 4 rings (SSSR count). The Morgan fingerprint density at radius 2 is 1.50 bits per heavy atom. The smallest absolute Gasteiger partial charge is 0.303 e. The monoisotopic (exact) mass is 549 g/mol. The minimum absolute atomic E-state index is 0.00245. The molecule has 0 unspecified atom stereocenters. The molecular weight excluding hydrogens is 498 g/mol. The molecule has 0 atom stereocenters. The fourth-order valence-electron chi connectivity index (χ4n) is 4.94. The van der Waals surface area contributed by atoms with E-state index in [2.05, 4.69) is 9.80 Å². The first kappa shape index (κ1) is 22.3. The lowest BCUT2D eigenvalue weighted by atomic mass is 9.81. The molecule has 1 heterocycles. The summed E-state index contributed by atoms with van der Waals surface area (Å²) in [6.07, 6.45) is 5.90. The highest BCUT2D eigenvalue weighted by Crippen LogP contribution is 2.35. The van der Waals surface area contributed by atoms with Crippen LogP contribution in [0.15, 0.2) is 78.3 Å². The van der Waals surface area contributed by atoms with Crippen LogP contribution in [-0.2, 0) is 4.79 Å². The molecule has 1 aliphatic heterocycles. The fourth-order valence-corrected chi connectivity index (χ4v) is 4.94. The van der Waals surface area contributed by atoms with E-state index in [0.717, 1.165) is 32.5 Å². The van der Waals surface area contributed by atoms with Crippen LogP contribution >= 0.6 is 0 Å². The van der Waals surface area contributed by atoms with Crippen LogP contribution in [0.25, 0.3) is 5.57 Å². The predicted molar refractivity (Wildman–Crippen MR) is 167 cm³/mol. The number of carboxylic acid groups (broad SMARTS) is 1. The summed E-state index contributed by atoms with van der Waals surface area (Å²) in [5.41, 5.74) is 13.9. The van der Waals surface area contributed by atoms with Crippen molar-refractivity contribution in [3.8, 4) is 0 Å². The molecule has 7 nitrogen and oxygen atoms in total. The number of piperazine rings is 1. The van der Waals surface area contributed by atoms with Gasteiger partial charge in [0, 0.05) is 76.6 Å². The molecule has 2 aromatic rings. The molecule has 0 spiro atoms. The van der Waals surface area contributed by atoms with Crippen LogP contribution in [0.4, 0.5) is 11.4 Å². The molecular formula is C33H45N5O2. The van der Waals surface area contributed by atoms with Crippen molar-refractivity contribution < 1.29 is 18.1 Å². The normalized spacial score (nSPS) is 19.4. The third-order valence-electron chi connectivity index (χ3n) is 7.53. The Balaban J connectivity index is 1.70. The molecule has 0 bridgehead atoms. The first-order valence-electron chi connectivity index (χ1n) is 16.9. The number of nitrogens with zero attached hydrogens (tertiary/aromatic N) is 3. The Labute approximate surface area is 247 Å². The summed E-state index contributed by atoms with van der Waals surface area (Å²) >= 11 is 0. The number of rotatable bonds is 12. The maximum absolute atomic E-state index is 10.7. The Bertz CT molecular complexity index is 1470. The number of hydrogen-bond acceptors (Lipinski definition) is 6. The van der Waals surface area contributed by atoms with Gasteiger partial charge in [0.05, 0.1) is 8.22 Å². The molecule has 0 amide bonds. The second-order valence-electron chi connectivity index (χ2n) is 10.6. The standard InChI is InChI=1S/C33H45N5O2/c1-36(2)29-11-7-26(8-12-29)32(28-15-17-33(24-34,25-35)18-16-28)27-9-13-30(14-10-27)38-22-20-37(21-23-38)19-5-3-4-6-31(39)40/h7-18H,3-6,19-25,34-35H2,1-2H3,(H,39,40)/i11D,12D,13D,14D,17D,18D. The van der Waals surface area contributed by atoms with Gasteiger partial charge in [0.15, 0.2) is 0 Å². The van der Waals surface area contributed by atoms with Gasteiger partial charge in [-0.1, -0.05) is 54.9 Å². The number of carboxylic acids is 1. The number of benzene rings is 2. The topological polar surface area (TPSA) is 99.1 Å². The summed E-state index contributed by atoms with van der Waals surface area (Å²) in [7, 11) is 3.55. The van der Waals surface area contributed by atoms with Crippen LogP contribution in [0.3, 0.4) is 0 Å². The maximum Gasteiger partial charge on any atom is 0.303 e. The minimum Gasteiger partial charge on any atom is -0.481 e. The Morgan fingerprint density at radius 1 is 0.925 bits per heavy atom. The van der Waals surface area contributed by atoms with Crippen LogP contribution in [0.2, 0.25) is 0 Å². The number of hydrogen-bond donors (Lipinski definition) is 3. The van der Waals surface area contributed by atoms with Crippen molar-refractivity contribution in [2.75, 3.05) is 69.7 Å². The highest BCUT2D eigenvalue weighted by molar-refractivity contribution is 5.86. The molecule has 40 heavy (non-hydrogen) atoms. The average Bonchev–Trinajstić information content (AvgIpc) is 2.97. The Kier molecular flexibility index (Phi) is 7.70. The van der Waals surface area contributed by atoms with Gasteiger partial charge in [0.25, 0.3) is 0 Å². The summed E-state index contributed by atoms with van der Waals surface area (Å²) in [5.74, 6) is -0.765. The van der Waals surface area contributed by atoms with Crippen molar-refractivity contribution in [3.05, 3.63) is 89.4 Å². The molecule has 5 N–H and O–H groups in total. The molecule has 0 radical (unpaired) electrons. The largest absolute Gasteiger partial charge is 0.481 e. The van der Waals surface area contributed by atoms with Crippen molar-refractivity contribution in [1.29, 1.82) is 0 Å². The van der Waals surface area contributed by atoms with Gasteiger partial charge in [-0.15, -0.1) is 0 Å². The van der Waals surface area contributed by atoms with Gasteiger partial charge >= 0.3 is 5.97 Å². The number of carbonyl (C=O) groups is 1. The molecule has 214 valence electrons. The number of unbranched alkanes of at least 4 members (excludes halogenated alkanes) is 2. The highest BCUT2D eigenvalue weighted by atomic mass is 16.4. The van der Waals surface area contributed by atoms with Gasteiger partial charge in [-0.25, -0.2) is 0 Å². The number of anilines is 2. The van der Waals surface area contributed by atoms with Crippen LogP contribution in [0, 0.1) is 5.41 Å². The van der Waals surface area contributed by atoms with E-state index in [-0.39, 0.29) is 55.8 Å². The summed E-state index contributed by atoms with van der Waals surface area (Å²) in [6.45, 7) is 3.78. The minimum atomic E-state index is -1.11. The predicted octanol–water partition coefficient (Wildman–Crippen LogP) is 4.35. The van der Waals surface area contributed by atoms with Gasteiger partial charge in [-0.05, 0) is 65.8 Å². The third-order valence-corrected chi connectivity index (χ3v) is 7.53. The number of aliphatic carboxylic acids is 1. The van der Waals surface area contributed by atoms with Crippen molar-refractivity contribution in [2.45, 2.75) is 25.7 Å². The zero-order chi connectivity index (χ0) is 33.8. The van der Waals surface area contributed by atoms with Crippen LogP contribution < -0.4 is 21.3 Å². The lowest BCUT2D eigenvalue weighted by Crippen LogP contribution is -2.46. The van der Waals surface area contributed by atoms with Crippen molar-refractivity contribution in [2.24, 2.45) is 16.9 Å². The van der Waals surface area contributed by atoms with E-state index in [9.17, 15) is 4.79 Å². The van der Waals surface area contributed by atoms with Crippen LogP contribution in [-0.4, -0.2) is 75.9 Å². The zero-order valence-electron chi connectivity index (χ0n) is 29.6. The molecule has 1 saturated heterocycles. The third kappa shape index (κ3) is 7.42. The summed E-state index contributed by atoms with van der Waals surface area (Å²) < 4.78 is 53.0. The Morgan fingerprint density at radius 3 is 2.02 bits per heavy atom. The van der Waals surface area contributed by atoms with Crippen LogP contribution in [0.5, 0.6) is 0 Å².